The van der Waals surface area contributed by atoms with Crippen LogP contribution in [0.15, 0.2) is 42.5 Å². The number of rotatable bonds is 6. The lowest BCUT2D eigenvalue weighted by atomic mass is 9.91. The van der Waals surface area contributed by atoms with Gasteiger partial charge in [0.2, 0.25) is 0 Å². The molecule has 0 radical (unpaired) electrons. The van der Waals surface area contributed by atoms with Gasteiger partial charge in [-0.1, -0.05) is 35.3 Å². The van der Waals surface area contributed by atoms with E-state index >= 15 is 0 Å². The van der Waals surface area contributed by atoms with Crippen molar-refractivity contribution in [2.75, 3.05) is 19.7 Å². The fourth-order valence-corrected chi connectivity index (χ4v) is 4.11. The zero-order chi connectivity index (χ0) is 19.4. The summed E-state index contributed by atoms with van der Waals surface area (Å²) in [4.78, 5) is 13.8. The van der Waals surface area contributed by atoms with Crippen LogP contribution in [0.25, 0.3) is 0 Å². The smallest absolute Gasteiger partial charge is 0.307 e. The van der Waals surface area contributed by atoms with Crippen LogP contribution in [0.1, 0.15) is 36.9 Å². The summed E-state index contributed by atoms with van der Waals surface area (Å²) >= 11 is 12.6. The zero-order valence-corrected chi connectivity index (χ0v) is 16.7. The minimum atomic E-state index is -0.749. The Morgan fingerprint density at radius 2 is 2.04 bits per heavy atom. The summed E-state index contributed by atoms with van der Waals surface area (Å²) < 4.78 is 5.86. The van der Waals surface area contributed by atoms with E-state index in [0.717, 1.165) is 29.8 Å². The van der Waals surface area contributed by atoms with Crippen molar-refractivity contribution >= 4 is 29.2 Å². The number of carboxylic acid groups (broad SMARTS) is 1. The van der Waals surface area contributed by atoms with Crippen LogP contribution in [0.3, 0.4) is 0 Å². The molecule has 3 rings (SSSR count). The molecular weight excluding hydrogens is 385 g/mol. The molecule has 2 aromatic carbocycles. The van der Waals surface area contributed by atoms with Gasteiger partial charge in [0, 0.05) is 22.2 Å². The zero-order valence-electron chi connectivity index (χ0n) is 15.2. The maximum atomic E-state index is 11.6. The lowest BCUT2D eigenvalue weighted by molar-refractivity contribution is -0.143. The van der Waals surface area contributed by atoms with E-state index in [0.29, 0.717) is 29.6 Å². The van der Waals surface area contributed by atoms with E-state index in [2.05, 4.69) is 4.90 Å². The summed E-state index contributed by atoms with van der Waals surface area (Å²) in [5.41, 5.74) is 1.93. The minimum Gasteiger partial charge on any atom is -0.494 e. The van der Waals surface area contributed by atoms with Gasteiger partial charge in [-0.15, -0.1) is 0 Å². The Labute approximate surface area is 169 Å². The van der Waals surface area contributed by atoms with Gasteiger partial charge in [-0.2, -0.15) is 0 Å². The fourth-order valence-electron chi connectivity index (χ4n) is 3.73. The largest absolute Gasteiger partial charge is 0.494 e. The quantitative estimate of drug-likeness (QED) is 0.707. The van der Waals surface area contributed by atoms with Gasteiger partial charge < -0.3 is 9.84 Å². The number of piperidine rings is 1. The molecule has 0 spiro atoms. The Hall–Kier alpha value is -1.75. The molecular formula is C21H23Cl2NO3. The van der Waals surface area contributed by atoms with Crippen LogP contribution in [-0.2, 0) is 4.79 Å². The van der Waals surface area contributed by atoms with Crippen LogP contribution < -0.4 is 4.74 Å². The second-order valence-corrected chi connectivity index (χ2v) is 7.62. The molecule has 144 valence electrons. The molecule has 1 aliphatic rings. The van der Waals surface area contributed by atoms with E-state index in [9.17, 15) is 9.90 Å². The van der Waals surface area contributed by atoms with Crippen LogP contribution in [0, 0.1) is 5.92 Å². The molecule has 1 aliphatic heterocycles. The standard InChI is InChI=1S/C21H23Cl2NO3/c1-2-27-19-9-8-17(23)12-18(19)20(14-5-3-7-16(22)11-14)24-10-4-6-15(13-24)21(25)26/h3,5,7-9,11-12,15,20H,2,4,6,10,13H2,1H3,(H,25,26). The number of carbonyl (C=O) groups is 1. The molecule has 1 saturated heterocycles. The maximum absolute atomic E-state index is 11.6. The molecule has 1 fully saturated rings. The number of benzene rings is 2. The van der Waals surface area contributed by atoms with Crippen molar-refractivity contribution in [1.29, 1.82) is 0 Å². The Morgan fingerprint density at radius 3 is 2.74 bits per heavy atom. The van der Waals surface area contributed by atoms with Crippen LogP contribution >= 0.6 is 23.2 Å². The van der Waals surface area contributed by atoms with Crippen molar-refractivity contribution in [2.24, 2.45) is 5.92 Å². The Morgan fingerprint density at radius 1 is 1.26 bits per heavy atom. The molecule has 1 N–H and O–H groups in total. The third-order valence-electron chi connectivity index (χ3n) is 4.90. The van der Waals surface area contributed by atoms with Gasteiger partial charge in [0.1, 0.15) is 5.75 Å². The van der Waals surface area contributed by atoms with Gasteiger partial charge in [0.15, 0.2) is 0 Å². The second-order valence-electron chi connectivity index (χ2n) is 6.75. The monoisotopic (exact) mass is 407 g/mol. The lowest BCUT2D eigenvalue weighted by Gasteiger charge is -2.38. The molecule has 6 heteroatoms. The average Bonchev–Trinajstić information content (AvgIpc) is 2.64. The van der Waals surface area contributed by atoms with Gasteiger partial charge in [-0.05, 0) is 62.2 Å². The molecule has 2 atom stereocenters. The first-order chi connectivity index (χ1) is 13.0. The van der Waals surface area contributed by atoms with E-state index in [-0.39, 0.29) is 12.0 Å². The number of halogens is 2. The predicted molar refractivity (Wildman–Crippen MR) is 108 cm³/mol. The molecule has 4 nitrogen and oxygen atoms in total. The van der Waals surface area contributed by atoms with E-state index < -0.39 is 5.97 Å². The molecule has 1 heterocycles. The summed E-state index contributed by atoms with van der Waals surface area (Å²) in [5.74, 6) is -0.375. The maximum Gasteiger partial charge on any atom is 0.307 e. The van der Waals surface area contributed by atoms with Crippen molar-refractivity contribution in [3.63, 3.8) is 0 Å². The minimum absolute atomic E-state index is 0.175. The third-order valence-corrected chi connectivity index (χ3v) is 5.37. The number of aliphatic carboxylic acids is 1. The number of ether oxygens (including phenoxy) is 1. The molecule has 0 aliphatic carbocycles. The number of hydrogen-bond donors (Lipinski definition) is 1. The summed E-state index contributed by atoms with van der Waals surface area (Å²) in [6.45, 7) is 3.76. The average molecular weight is 408 g/mol. The van der Waals surface area contributed by atoms with Crippen LogP contribution in [0.5, 0.6) is 5.75 Å². The third kappa shape index (κ3) is 4.75. The van der Waals surface area contributed by atoms with Crippen LogP contribution in [-0.4, -0.2) is 35.7 Å². The van der Waals surface area contributed by atoms with Crippen molar-refractivity contribution in [3.8, 4) is 5.75 Å². The van der Waals surface area contributed by atoms with Crippen molar-refractivity contribution < 1.29 is 14.6 Å². The highest BCUT2D eigenvalue weighted by Gasteiger charge is 2.32. The molecule has 0 amide bonds. The Kier molecular flexibility index (Phi) is 6.64. The van der Waals surface area contributed by atoms with Crippen molar-refractivity contribution in [1.82, 2.24) is 4.90 Å². The highest BCUT2D eigenvalue weighted by molar-refractivity contribution is 6.31. The highest BCUT2D eigenvalue weighted by atomic mass is 35.5. The normalized spacial score (nSPS) is 18.9. The second kappa shape index (κ2) is 8.96. The summed E-state index contributed by atoms with van der Waals surface area (Å²) in [6.07, 6.45) is 1.53. The predicted octanol–water partition coefficient (Wildman–Crippen LogP) is 5.28. The number of carboxylic acids is 1. The highest BCUT2D eigenvalue weighted by Crippen LogP contribution is 2.39. The number of likely N-dealkylation sites (tertiary alicyclic amines) is 1. The van der Waals surface area contributed by atoms with Gasteiger partial charge in [-0.3, -0.25) is 9.69 Å². The molecule has 0 saturated carbocycles. The van der Waals surface area contributed by atoms with Gasteiger partial charge in [0.25, 0.3) is 0 Å². The fraction of sp³-hybridized carbons (Fsp3) is 0.381. The van der Waals surface area contributed by atoms with Gasteiger partial charge in [-0.25, -0.2) is 0 Å². The molecule has 2 aromatic rings. The molecule has 27 heavy (non-hydrogen) atoms. The first kappa shape index (κ1) is 20.0. The summed E-state index contributed by atoms with van der Waals surface area (Å²) in [6, 6.07) is 13.1. The van der Waals surface area contributed by atoms with Crippen molar-refractivity contribution in [2.45, 2.75) is 25.8 Å². The van der Waals surface area contributed by atoms with Crippen molar-refractivity contribution in [3.05, 3.63) is 63.6 Å². The van der Waals surface area contributed by atoms with E-state index in [1.807, 2.05) is 43.3 Å². The molecule has 0 aromatic heterocycles. The summed E-state index contributed by atoms with van der Waals surface area (Å²) in [5, 5.41) is 10.8. The van der Waals surface area contributed by atoms with Crippen LogP contribution in [0.4, 0.5) is 0 Å². The molecule has 2 unspecified atom stereocenters. The molecule has 0 bridgehead atoms. The first-order valence-electron chi connectivity index (χ1n) is 9.14. The Bertz CT molecular complexity index is 812. The first-order valence-corrected chi connectivity index (χ1v) is 9.89. The van der Waals surface area contributed by atoms with E-state index in [1.165, 1.54) is 0 Å². The van der Waals surface area contributed by atoms with E-state index in [4.69, 9.17) is 27.9 Å². The van der Waals surface area contributed by atoms with E-state index in [1.54, 1.807) is 6.07 Å². The SMILES string of the molecule is CCOc1ccc(Cl)cc1C(c1cccc(Cl)c1)N1CCCC(C(=O)O)C1. The van der Waals surface area contributed by atoms with Gasteiger partial charge in [0.05, 0.1) is 18.6 Å². The van der Waals surface area contributed by atoms with Gasteiger partial charge >= 0.3 is 5.97 Å². The summed E-state index contributed by atoms with van der Waals surface area (Å²) in [7, 11) is 0. The Balaban J connectivity index is 2.08. The number of nitrogens with zero attached hydrogens (tertiary/aromatic N) is 1. The van der Waals surface area contributed by atoms with Crippen LogP contribution in [0.2, 0.25) is 10.0 Å². The lowest BCUT2D eigenvalue weighted by Crippen LogP contribution is -2.41. The topological polar surface area (TPSA) is 49.8 Å². The number of hydrogen-bond acceptors (Lipinski definition) is 3.